The molecule has 3 aliphatic rings. The summed E-state index contributed by atoms with van der Waals surface area (Å²) in [6.45, 7) is 5.77. The third-order valence-corrected chi connectivity index (χ3v) is 8.90. The van der Waals surface area contributed by atoms with Gasteiger partial charge in [0.15, 0.2) is 5.78 Å². The van der Waals surface area contributed by atoms with Crippen LogP contribution in [0.2, 0.25) is 0 Å². The van der Waals surface area contributed by atoms with Crippen LogP contribution in [-0.4, -0.2) is 109 Å². The lowest BCUT2D eigenvalue weighted by molar-refractivity contribution is -0.160. The van der Waals surface area contributed by atoms with Gasteiger partial charge < -0.3 is 25.0 Å². The van der Waals surface area contributed by atoms with E-state index in [4.69, 9.17) is 4.74 Å². The molecule has 2 amide bonds. The summed E-state index contributed by atoms with van der Waals surface area (Å²) in [5.41, 5.74) is -0.00701. The summed E-state index contributed by atoms with van der Waals surface area (Å²) in [4.78, 5) is 66.1. The molecule has 2 fully saturated rings. The number of β-lactam (4-membered cyclic amide) rings is 1. The van der Waals surface area contributed by atoms with Gasteiger partial charge in [0.25, 0.3) is 5.82 Å². The van der Waals surface area contributed by atoms with Gasteiger partial charge in [-0.05, 0) is 29.7 Å². The normalized spacial score (nSPS) is 26.7. The predicted octanol–water partition coefficient (Wildman–Crippen LogP) is -0.230. The average molecular weight is 564 g/mol. The highest BCUT2D eigenvalue weighted by Gasteiger charge is 2.60. The first-order chi connectivity index (χ1) is 18.5. The van der Waals surface area contributed by atoms with Crippen LogP contribution < -0.4 is 5.32 Å². The molecule has 0 radical (unpaired) electrons. The second-order valence-electron chi connectivity index (χ2n) is 10.3. The fourth-order valence-corrected chi connectivity index (χ4v) is 7.09. The second-order valence-corrected chi connectivity index (χ2v) is 11.6. The number of esters is 1. The van der Waals surface area contributed by atoms with Gasteiger partial charge in [0.2, 0.25) is 11.8 Å². The molecular formula is C24H33N7O7S. The maximum Gasteiger partial charge on any atom is 0.378 e. The zero-order chi connectivity index (χ0) is 28.6. The van der Waals surface area contributed by atoms with E-state index in [9.17, 15) is 29.1 Å². The summed E-state index contributed by atoms with van der Waals surface area (Å²) in [6, 6.07) is -0.698. The van der Waals surface area contributed by atoms with Gasteiger partial charge in [0, 0.05) is 43.1 Å². The summed E-state index contributed by atoms with van der Waals surface area (Å²) >= 11 is 1.42. The van der Waals surface area contributed by atoms with Crippen LogP contribution in [0.4, 0.5) is 0 Å². The first kappa shape index (κ1) is 28.7. The third kappa shape index (κ3) is 5.41. The minimum atomic E-state index is -1.17. The molecule has 0 aromatic carbocycles. The van der Waals surface area contributed by atoms with Crippen molar-refractivity contribution in [2.45, 2.75) is 57.5 Å². The number of tetrazole rings is 1. The van der Waals surface area contributed by atoms with Crippen molar-refractivity contribution >= 4 is 41.3 Å². The van der Waals surface area contributed by atoms with Crippen molar-refractivity contribution in [3.63, 3.8) is 0 Å². The maximum atomic E-state index is 13.2. The predicted molar refractivity (Wildman–Crippen MR) is 137 cm³/mol. The highest BCUT2D eigenvalue weighted by molar-refractivity contribution is 8.03. The molecule has 15 heteroatoms. The van der Waals surface area contributed by atoms with E-state index in [1.807, 2.05) is 6.92 Å². The van der Waals surface area contributed by atoms with E-state index >= 15 is 0 Å². The fraction of sp³-hybridized carbons (Fsp3) is 0.667. The Morgan fingerprint density at radius 1 is 1.28 bits per heavy atom. The number of carboxylic acid groups (broad SMARTS) is 1. The Balaban J connectivity index is 1.42. The number of nitrogens with zero attached hydrogens (tertiary/aromatic N) is 6. The Bertz CT molecular complexity index is 1220. The van der Waals surface area contributed by atoms with Crippen molar-refractivity contribution < 1.29 is 33.8 Å². The van der Waals surface area contributed by atoms with Crippen LogP contribution in [-0.2, 0) is 30.5 Å². The SMILES string of the molecule is CCOC(=O)c1nnnn1CC(=O)C[C@H](C)[C@H]1C(=O)N2C(C(=O)O)=C(S[C@@H]3CN[C@H](C(=O)N(C)C)C3)[C@H](C)[C@H]12. The van der Waals surface area contributed by atoms with E-state index < -0.39 is 17.9 Å². The number of amides is 2. The van der Waals surface area contributed by atoms with Crippen LogP contribution in [0.15, 0.2) is 10.6 Å². The molecule has 212 valence electrons. The molecule has 39 heavy (non-hydrogen) atoms. The number of fused-ring (bicyclic) bond motifs is 1. The van der Waals surface area contributed by atoms with Crippen LogP contribution in [0.3, 0.4) is 0 Å². The van der Waals surface area contributed by atoms with E-state index in [0.717, 1.165) is 4.68 Å². The zero-order valence-corrected chi connectivity index (χ0v) is 23.3. The van der Waals surface area contributed by atoms with Crippen molar-refractivity contribution in [3.8, 4) is 0 Å². The maximum absolute atomic E-state index is 13.2. The number of aromatic nitrogens is 4. The number of ether oxygens (including phenoxy) is 1. The van der Waals surface area contributed by atoms with Gasteiger partial charge in [-0.1, -0.05) is 13.8 Å². The summed E-state index contributed by atoms with van der Waals surface area (Å²) in [5, 5.41) is 23.9. The van der Waals surface area contributed by atoms with Gasteiger partial charge >= 0.3 is 11.9 Å². The molecule has 4 heterocycles. The van der Waals surface area contributed by atoms with E-state index in [2.05, 4.69) is 20.8 Å². The highest BCUT2D eigenvalue weighted by atomic mass is 32.2. The lowest BCUT2D eigenvalue weighted by atomic mass is 9.73. The number of carbonyl (C=O) groups excluding carboxylic acids is 4. The van der Waals surface area contributed by atoms with Crippen LogP contribution in [0.1, 0.15) is 44.2 Å². The zero-order valence-electron chi connectivity index (χ0n) is 22.5. The summed E-state index contributed by atoms with van der Waals surface area (Å²) in [6.07, 6.45) is 0.587. The number of carboxylic acids is 1. The largest absolute Gasteiger partial charge is 0.477 e. The minimum absolute atomic E-state index is 0.00701. The molecule has 0 spiro atoms. The number of thioether (sulfide) groups is 1. The van der Waals surface area contributed by atoms with Crippen molar-refractivity contribution in [3.05, 3.63) is 16.4 Å². The first-order valence-electron chi connectivity index (χ1n) is 12.8. The van der Waals surface area contributed by atoms with E-state index in [0.29, 0.717) is 17.9 Å². The second kappa shape index (κ2) is 11.4. The lowest BCUT2D eigenvalue weighted by Gasteiger charge is -2.47. The number of nitrogens with one attached hydrogen (secondary N) is 1. The molecular weight excluding hydrogens is 530 g/mol. The molecule has 2 saturated heterocycles. The van der Waals surface area contributed by atoms with Gasteiger partial charge in [0.1, 0.15) is 12.2 Å². The topological polar surface area (TPSA) is 177 Å². The van der Waals surface area contributed by atoms with Crippen molar-refractivity contribution in [2.24, 2.45) is 17.8 Å². The summed E-state index contributed by atoms with van der Waals surface area (Å²) in [5.74, 6) is -3.84. The van der Waals surface area contributed by atoms with Crippen LogP contribution in [0, 0.1) is 17.8 Å². The van der Waals surface area contributed by atoms with Gasteiger partial charge in [-0.25, -0.2) is 14.3 Å². The van der Waals surface area contributed by atoms with E-state index in [1.54, 1.807) is 27.9 Å². The number of likely N-dealkylation sites (N-methyl/N-ethyl adjacent to an activating group) is 1. The Hall–Kier alpha value is -3.33. The number of carbonyl (C=O) groups is 5. The Labute approximate surface area is 229 Å². The number of ketones is 1. The molecule has 0 aliphatic carbocycles. The Morgan fingerprint density at radius 3 is 2.64 bits per heavy atom. The Morgan fingerprint density at radius 2 is 2.00 bits per heavy atom. The number of hydrogen-bond acceptors (Lipinski definition) is 11. The van der Waals surface area contributed by atoms with Crippen molar-refractivity contribution in [1.29, 1.82) is 0 Å². The third-order valence-electron chi connectivity index (χ3n) is 7.39. The van der Waals surface area contributed by atoms with Gasteiger partial charge in [-0.15, -0.1) is 16.9 Å². The number of aliphatic carboxylic acids is 1. The molecule has 0 bridgehead atoms. The van der Waals surface area contributed by atoms with Crippen LogP contribution in [0.25, 0.3) is 0 Å². The van der Waals surface area contributed by atoms with Crippen molar-refractivity contribution in [2.75, 3.05) is 27.2 Å². The van der Waals surface area contributed by atoms with Gasteiger partial charge in [-0.2, -0.15) is 0 Å². The molecule has 0 saturated carbocycles. The Kier molecular flexibility index (Phi) is 8.39. The molecule has 3 aliphatic heterocycles. The van der Waals surface area contributed by atoms with Crippen LogP contribution in [0.5, 0.6) is 0 Å². The number of hydrogen-bond donors (Lipinski definition) is 2. The van der Waals surface area contributed by atoms with Gasteiger partial charge in [-0.3, -0.25) is 14.4 Å². The monoisotopic (exact) mass is 563 g/mol. The standard InChI is InChI=1S/C24H33N7O7S/c1-6-38-24(37)20-26-27-28-30(20)10-13(32)7-11(2)16-17-12(3)19(18(23(35)36)31(17)22(16)34)39-14-8-15(25-9-14)21(33)29(4)5/h11-12,14-17,25H,6-10H2,1-5H3,(H,35,36)/t11-,12+,14-,15-,16+,17+/m0/s1. The van der Waals surface area contributed by atoms with Gasteiger partial charge in [0.05, 0.1) is 24.6 Å². The fourth-order valence-electron chi connectivity index (χ4n) is 5.61. The van der Waals surface area contributed by atoms with Crippen LogP contribution >= 0.6 is 11.8 Å². The molecule has 14 nitrogen and oxygen atoms in total. The number of Topliss-reactive ketones (excluding diaryl/α,β-unsaturated/α-hetero) is 1. The smallest absolute Gasteiger partial charge is 0.378 e. The molecule has 4 rings (SSSR count). The average Bonchev–Trinajstić information content (AvgIpc) is 3.57. The summed E-state index contributed by atoms with van der Waals surface area (Å²) in [7, 11) is 3.39. The van der Waals surface area contributed by atoms with E-state index in [1.165, 1.54) is 21.6 Å². The molecule has 1 aromatic rings. The molecule has 0 unspecified atom stereocenters. The quantitative estimate of drug-likeness (QED) is 0.267. The molecule has 6 atom stereocenters. The summed E-state index contributed by atoms with van der Waals surface area (Å²) < 4.78 is 5.97. The molecule has 1 aromatic heterocycles. The highest BCUT2D eigenvalue weighted by Crippen LogP contribution is 2.53. The lowest BCUT2D eigenvalue weighted by Crippen LogP contribution is -2.62. The molecule has 2 N–H and O–H groups in total. The number of rotatable bonds is 11. The van der Waals surface area contributed by atoms with Crippen molar-refractivity contribution in [1.82, 2.24) is 35.3 Å². The minimum Gasteiger partial charge on any atom is -0.477 e. The van der Waals surface area contributed by atoms with E-state index in [-0.39, 0.29) is 77.9 Å². The first-order valence-corrected chi connectivity index (χ1v) is 13.7.